The molecule has 30 heavy (non-hydrogen) atoms. The molecule has 150 valence electrons. The number of methoxy groups -OCH3 is 1. The van der Waals surface area contributed by atoms with Gasteiger partial charge in [0.05, 0.1) is 24.0 Å². The summed E-state index contributed by atoms with van der Waals surface area (Å²) in [7, 11) is 1.56. The number of carbonyl (C=O) groups excluding carboxylic acids is 1. The van der Waals surface area contributed by atoms with Crippen LogP contribution in [0.15, 0.2) is 79.0 Å². The summed E-state index contributed by atoms with van der Waals surface area (Å²) in [5.41, 5.74) is 3.19. The quantitative estimate of drug-likeness (QED) is 0.497. The van der Waals surface area contributed by atoms with Crippen LogP contribution >= 0.6 is 0 Å². The molecule has 0 radical (unpaired) electrons. The summed E-state index contributed by atoms with van der Waals surface area (Å²) < 4.78 is 21.3. The van der Waals surface area contributed by atoms with Crippen LogP contribution in [0.2, 0.25) is 0 Å². The fraction of sp³-hybridized carbons (Fsp3) is 0.0833. The number of rotatable bonds is 5. The van der Waals surface area contributed by atoms with Crippen LogP contribution < -0.4 is 10.1 Å². The number of nitrogens with zero attached hydrogens (tertiary/aromatic N) is 2. The van der Waals surface area contributed by atoms with Gasteiger partial charge in [-0.3, -0.25) is 4.79 Å². The molecule has 0 aliphatic carbocycles. The average Bonchev–Trinajstić information content (AvgIpc) is 3.22. The lowest BCUT2D eigenvalue weighted by Crippen LogP contribution is -2.13. The molecule has 1 heterocycles. The Bertz CT molecular complexity index is 1200. The maximum absolute atomic E-state index is 14.2. The monoisotopic (exact) mass is 401 g/mol. The molecular weight excluding hydrogens is 381 g/mol. The predicted octanol–water partition coefficient (Wildman–Crippen LogP) is 5.25. The largest absolute Gasteiger partial charge is 0.496 e. The van der Waals surface area contributed by atoms with E-state index in [1.807, 2.05) is 55.5 Å². The van der Waals surface area contributed by atoms with Crippen molar-refractivity contribution in [1.29, 1.82) is 0 Å². The Morgan fingerprint density at radius 1 is 1.03 bits per heavy atom. The van der Waals surface area contributed by atoms with Crippen molar-refractivity contribution < 1.29 is 13.9 Å². The number of benzene rings is 3. The van der Waals surface area contributed by atoms with Gasteiger partial charge in [0.2, 0.25) is 0 Å². The number of amides is 1. The molecule has 0 spiro atoms. The summed E-state index contributed by atoms with van der Waals surface area (Å²) in [4.78, 5) is 13.1. The van der Waals surface area contributed by atoms with Crippen LogP contribution in [-0.4, -0.2) is 22.8 Å². The molecule has 0 aliphatic heterocycles. The van der Waals surface area contributed by atoms with Gasteiger partial charge in [-0.15, -0.1) is 0 Å². The summed E-state index contributed by atoms with van der Waals surface area (Å²) >= 11 is 0. The Hall–Kier alpha value is -3.93. The standard InChI is InChI=1S/C24H20FN3O2/c1-16-12-13-20(25)21(14-16)26-24(29)19-15-28(17-8-4-3-5-9-17)27-23(19)18-10-6-7-11-22(18)30-2/h3-15H,1-2H3,(H,26,29). The minimum Gasteiger partial charge on any atom is -0.496 e. The van der Waals surface area contributed by atoms with Crippen molar-refractivity contribution in [3.63, 3.8) is 0 Å². The van der Waals surface area contributed by atoms with E-state index in [0.29, 0.717) is 22.6 Å². The van der Waals surface area contributed by atoms with Gasteiger partial charge < -0.3 is 10.1 Å². The van der Waals surface area contributed by atoms with E-state index in [2.05, 4.69) is 10.4 Å². The molecule has 0 bridgehead atoms. The number of ether oxygens (including phenoxy) is 1. The van der Waals surface area contributed by atoms with Crippen molar-refractivity contribution >= 4 is 11.6 Å². The molecule has 1 aromatic heterocycles. The molecule has 6 heteroatoms. The number of nitrogens with one attached hydrogen (secondary N) is 1. The number of hydrogen-bond acceptors (Lipinski definition) is 3. The van der Waals surface area contributed by atoms with E-state index in [9.17, 15) is 9.18 Å². The zero-order valence-corrected chi connectivity index (χ0v) is 16.6. The molecule has 0 saturated carbocycles. The second-order valence-corrected chi connectivity index (χ2v) is 6.81. The minimum absolute atomic E-state index is 0.124. The zero-order valence-electron chi connectivity index (χ0n) is 16.6. The van der Waals surface area contributed by atoms with Gasteiger partial charge in [0.25, 0.3) is 5.91 Å². The molecule has 3 aromatic carbocycles. The first-order chi connectivity index (χ1) is 14.6. The number of hydrogen-bond donors (Lipinski definition) is 1. The molecule has 4 rings (SSSR count). The zero-order chi connectivity index (χ0) is 21.1. The summed E-state index contributed by atoms with van der Waals surface area (Å²) in [5, 5.41) is 7.32. The average molecular weight is 401 g/mol. The molecule has 0 unspecified atom stereocenters. The van der Waals surface area contributed by atoms with Crippen molar-refractivity contribution in [2.75, 3.05) is 12.4 Å². The molecule has 0 saturated heterocycles. The SMILES string of the molecule is COc1ccccc1-c1nn(-c2ccccc2)cc1C(=O)Nc1cc(C)ccc1F. The number of para-hydroxylation sites is 2. The van der Waals surface area contributed by atoms with E-state index in [1.54, 1.807) is 36.2 Å². The Labute approximate surface area is 173 Å². The summed E-state index contributed by atoms with van der Waals surface area (Å²) in [6.07, 6.45) is 1.64. The van der Waals surface area contributed by atoms with E-state index in [0.717, 1.165) is 11.3 Å². The predicted molar refractivity (Wildman–Crippen MR) is 115 cm³/mol. The fourth-order valence-electron chi connectivity index (χ4n) is 3.22. The Morgan fingerprint density at radius 2 is 1.77 bits per heavy atom. The highest BCUT2D eigenvalue weighted by Gasteiger charge is 2.22. The highest BCUT2D eigenvalue weighted by atomic mass is 19.1. The number of carbonyl (C=O) groups is 1. The van der Waals surface area contributed by atoms with Crippen molar-refractivity contribution in [3.8, 4) is 22.7 Å². The van der Waals surface area contributed by atoms with E-state index < -0.39 is 11.7 Å². The third-order valence-corrected chi connectivity index (χ3v) is 4.71. The molecule has 4 aromatic rings. The number of aromatic nitrogens is 2. The first kappa shape index (κ1) is 19.4. The van der Waals surface area contributed by atoms with E-state index in [1.165, 1.54) is 6.07 Å². The van der Waals surface area contributed by atoms with Crippen molar-refractivity contribution in [2.24, 2.45) is 0 Å². The van der Waals surface area contributed by atoms with Crippen LogP contribution in [-0.2, 0) is 0 Å². The first-order valence-corrected chi connectivity index (χ1v) is 9.43. The number of halogens is 1. The Morgan fingerprint density at radius 3 is 2.53 bits per heavy atom. The molecule has 1 N–H and O–H groups in total. The van der Waals surface area contributed by atoms with E-state index in [4.69, 9.17) is 4.74 Å². The fourth-order valence-corrected chi connectivity index (χ4v) is 3.22. The topological polar surface area (TPSA) is 56.2 Å². The van der Waals surface area contributed by atoms with Crippen molar-refractivity contribution in [2.45, 2.75) is 6.92 Å². The summed E-state index contributed by atoms with van der Waals surface area (Å²) in [6.45, 7) is 1.84. The van der Waals surface area contributed by atoms with E-state index in [-0.39, 0.29) is 5.69 Å². The van der Waals surface area contributed by atoms with Crippen LogP contribution in [0.4, 0.5) is 10.1 Å². The smallest absolute Gasteiger partial charge is 0.259 e. The highest BCUT2D eigenvalue weighted by Crippen LogP contribution is 2.32. The van der Waals surface area contributed by atoms with Crippen molar-refractivity contribution in [3.05, 3.63) is 95.9 Å². The third kappa shape index (κ3) is 3.80. The van der Waals surface area contributed by atoms with Gasteiger partial charge in [-0.1, -0.05) is 36.4 Å². The first-order valence-electron chi connectivity index (χ1n) is 9.43. The molecule has 0 atom stereocenters. The Kier molecular flexibility index (Phi) is 5.30. The van der Waals surface area contributed by atoms with Crippen molar-refractivity contribution in [1.82, 2.24) is 9.78 Å². The molecular formula is C24H20FN3O2. The van der Waals surface area contributed by atoms with Crippen LogP contribution in [0.1, 0.15) is 15.9 Å². The minimum atomic E-state index is -0.497. The maximum atomic E-state index is 14.2. The summed E-state index contributed by atoms with van der Waals surface area (Å²) in [5.74, 6) is -0.363. The van der Waals surface area contributed by atoms with Crippen LogP contribution in [0.5, 0.6) is 5.75 Å². The second kappa shape index (κ2) is 8.21. The van der Waals surface area contributed by atoms with Gasteiger partial charge in [-0.2, -0.15) is 5.10 Å². The van der Waals surface area contributed by atoms with Crippen LogP contribution in [0, 0.1) is 12.7 Å². The lowest BCUT2D eigenvalue weighted by Gasteiger charge is -2.09. The lowest BCUT2D eigenvalue weighted by molar-refractivity contribution is 0.102. The number of aryl methyl sites for hydroxylation is 1. The number of anilines is 1. The molecule has 1 amide bonds. The highest BCUT2D eigenvalue weighted by molar-refractivity contribution is 6.08. The van der Waals surface area contributed by atoms with E-state index >= 15 is 0 Å². The third-order valence-electron chi connectivity index (χ3n) is 4.71. The van der Waals surface area contributed by atoms with Gasteiger partial charge >= 0.3 is 0 Å². The Balaban J connectivity index is 1.82. The molecule has 0 aliphatic rings. The van der Waals surface area contributed by atoms with Gasteiger partial charge in [-0.25, -0.2) is 9.07 Å². The van der Waals surface area contributed by atoms with Crippen LogP contribution in [0.3, 0.4) is 0 Å². The van der Waals surface area contributed by atoms with Gasteiger partial charge in [0, 0.05) is 11.8 Å². The van der Waals surface area contributed by atoms with Gasteiger partial charge in [-0.05, 0) is 48.9 Å². The van der Waals surface area contributed by atoms with Gasteiger partial charge in [0.15, 0.2) is 0 Å². The maximum Gasteiger partial charge on any atom is 0.259 e. The molecule has 0 fully saturated rings. The normalized spacial score (nSPS) is 10.6. The lowest BCUT2D eigenvalue weighted by atomic mass is 10.1. The second-order valence-electron chi connectivity index (χ2n) is 6.81. The van der Waals surface area contributed by atoms with Gasteiger partial charge in [0.1, 0.15) is 17.3 Å². The van der Waals surface area contributed by atoms with Crippen LogP contribution in [0.25, 0.3) is 16.9 Å². The summed E-state index contributed by atoms with van der Waals surface area (Å²) in [6, 6.07) is 21.4. The molecule has 5 nitrogen and oxygen atoms in total.